The summed E-state index contributed by atoms with van der Waals surface area (Å²) in [6.07, 6.45) is 4.75. The minimum Gasteiger partial charge on any atom is -0.326 e. The van der Waals surface area contributed by atoms with Gasteiger partial charge in [0.15, 0.2) is 0 Å². The summed E-state index contributed by atoms with van der Waals surface area (Å²) in [6.45, 7) is 7.27. The van der Waals surface area contributed by atoms with Crippen LogP contribution in [0.5, 0.6) is 0 Å². The van der Waals surface area contributed by atoms with Crippen molar-refractivity contribution in [1.82, 2.24) is 4.31 Å². The molecule has 2 atom stereocenters. The van der Waals surface area contributed by atoms with E-state index in [2.05, 4.69) is 26.1 Å². The molecule has 0 spiro atoms. The summed E-state index contributed by atoms with van der Waals surface area (Å²) < 4.78 is 28.4. The molecule has 4 rings (SSSR count). The lowest BCUT2D eigenvalue weighted by atomic mass is 9.65. The molecule has 0 aromatic heterocycles. The first-order valence-electron chi connectivity index (χ1n) is 9.51. The van der Waals surface area contributed by atoms with Gasteiger partial charge in [-0.25, -0.2) is 8.42 Å². The number of amides is 1. The molecule has 6 heteroatoms. The van der Waals surface area contributed by atoms with E-state index in [1.807, 2.05) is 0 Å². The molecule has 2 aliphatic carbocycles. The van der Waals surface area contributed by atoms with Crippen LogP contribution in [0.15, 0.2) is 29.2 Å². The van der Waals surface area contributed by atoms with Gasteiger partial charge in [0.05, 0.1) is 4.90 Å². The van der Waals surface area contributed by atoms with Crippen LogP contribution in [-0.4, -0.2) is 31.2 Å². The maximum Gasteiger partial charge on any atom is 0.243 e. The molecule has 1 N–H and O–H groups in total. The Balaban J connectivity index is 1.60. The van der Waals surface area contributed by atoms with Gasteiger partial charge in [-0.3, -0.25) is 4.79 Å². The van der Waals surface area contributed by atoms with Crippen molar-refractivity contribution in [1.29, 1.82) is 0 Å². The van der Waals surface area contributed by atoms with Gasteiger partial charge in [0.2, 0.25) is 15.9 Å². The number of benzene rings is 1. The normalized spacial score (nSPS) is 31.0. The third-order valence-electron chi connectivity index (χ3n) is 6.02. The zero-order valence-corrected chi connectivity index (χ0v) is 16.6. The summed E-state index contributed by atoms with van der Waals surface area (Å²) >= 11 is 0. The molecule has 142 valence electrons. The number of hydrogen-bond acceptors (Lipinski definition) is 3. The van der Waals surface area contributed by atoms with Crippen molar-refractivity contribution in [3.63, 3.8) is 0 Å². The molecule has 2 bridgehead atoms. The van der Waals surface area contributed by atoms with Gasteiger partial charge in [-0.05, 0) is 61.1 Å². The third-order valence-corrected chi connectivity index (χ3v) is 7.92. The summed E-state index contributed by atoms with van der Waals surface area (Å²) in [6, 6.07) is 6.77. The third kappa shape index (κ3) is 3.29. The van der Waals surface area contributed by atoms with E-state index in [0.29, 0.717) is 12.2 Å². The van der Waals surface area contributed by atoms with Crippen LogP contribution in [0, 0.1) is 16.7 Å². The molecule has 2 saturated carbocycles. The Hall–Kier alpha value is -1.40. The molecule has 1 saturated heterocycles. The number of fused-ring (bicyclic) bond motifs is 2. The van der Waals surface area contributed by atoms with Crippen LogP contribution in [0.3, 0.4) is 0 Å². The Morgan fingerprint density at radius 3 is 2.62 bits per heavy atom. The highest BCUT2D eigenvalue weighted by molar-refractivity contribution is 7.89. The van der Waals surface area contributed by atoms with Crippen LogP contribution in [0.4, 0.5) is 5.69 Å². The lowest BCUT2D eigenvalue weighted by molar-refractivity contribution is -0.117. The molecule has 0 radical (unpaired) electrons. The Kier molecular flexibility index (Phi) is 4.01. The molecule has 3 aliphatic rings. The highest BCUT2D eigenvalue weighted by atomic mass is 32.2. The van der Waals surface area contributed by atoms with Crippen LogP contribution in [0.25, 0.3) is 0 Å². The summed E-state index contributed by atoms with van der Waals surface area (Å²) in [5.74, 6) is 0.0844. The smallest absolute Gasteiger partial charge is 0.243 e. The molecule has 1 aromatic rings. The van der Waals surface area contributed by atoms with Crippen LogP contribution in [0.1, 0.15) is 52.9 Å². The van der Waals surface area contributed by atoms with Crippen molar-refractivity contribution >= 4 is 21.6 Å². The number of hydrogen-bond donors (Lipinski definition) is 1. The predicted molar refractivity (Wildman–Crippen MR) is 101 cm³/mol. The summed E-state index contributed by atoms with van der Waals surface area (Å²) in [4.78, 5) is 12.3. The Morgan fingerprint density at radius 2 is 1.92 bits per heavy atom. The van der Waals surface area contributed by atoms with Crippen molar-refractivity contribution in [2.45, 2.75) is 63.8 Å². The van der Waals surface area contributed by atoms with Crippen molar-refractivity contribution in [3.05, 3.63) is 24.3 Å². The standard InChI is InChI=1S/C20H28N2O3S/c1-19(2)10-16-11-20(3,12-19)13-22(16)26(24,25)17-6-4-5-15(9-17)21-18(23)14-7-8-14/h4-6,9,14,16H,7-8,10-13H2,1-3H3,(H,21,23)/t16-,20-/m0/s1. The SMILES string of the molecule is CC1(C)C[C@H]2C[C@](C)(CN2S(=O)(=O)c2cccc(NC(=O)C3CC3)c2)C1. The van der Waals surface area contributed by atoms with Gasteiger partial charge in [-0.2, -0.15) is 4.31 Å². The number of nitrogens with zero attached hydrogens (tertiary/aromatic N) is 1. The minimum atomic E-state index is -3.56. The average Bonchev–Trinajstić information content (AvgIpc) is 3.32. The first-order chi connectivity index (χ1) is 12.1. The Bertz CT molecular complexity index is 844. The minimum absolute atomic E-state index is 0.00848. The molecule has 3 fully saturated rings. The highest BCUT2D eigenvalue weighted by Gasteiger charge is 2.53. The quantitative estimate of drug-likeness (QED) is 0.873. The van der Waals surface area contributed by atoms with Gasteiger partial charge in [-0.1, -0.05) is 26.8 Å². The molecule has 1 amide bonds. The number of anilines is 1. The lowest BCUT2D eigenvalue weighted by Crippen LogP contribution is -2.37. The van der Waals surface area contributed by atoms with E-state index < -0.39 is 10.0 Å². The second kappa shape index (κ2) is 5.80. The van der Waals surface area contributed by atoms with Crippen LogP contribution in [-0.2, 0) is 14.8 Å². The van der Waals surface area contributed by atoms with E-state index in [4.69, 9.17) is 0 Å². The number of carbonyl (C=O) groups excluding carboxylic acids is 1. The van der Waals surface area contributed by atoms with Crippen LogP contribution in [0.2, 0.25) is 0 Å². The van der Waals surface area contributed by atoms with Gasteiger partial charge in [-0.15, -0.1) is 0 Å². The second-order valence-electron chi connectivity index (χ2n) is 9.56. The second-order valence-corrected chi connectivity index (χ2v) is 11.4. The molecule has 5 nitrogen and oxygen atoms in total. The van der Waals surface area contributed by atoms with Crippen molar-refractivity contribution in [3.8, 4) is 0 Å². The lowest BCUT2D eigenvalue weighted by Gasteiger charge is -2.39. The van der Waals surface area contributed by atoms with Crippen molar-refractivity contribution < 1.29 is 13.2 Å². The molecule has 1 aliphatic heterocycles. The number of carbonyl (C=O) groups is 1. The first kappa shape index (κ1) is 18.0. The zero-order chi connectivity index (χ0) is 18.7. The molecule has 26 heavy (non-hydrogen) atoms. The largest absolute Gasteiger partial charge is 0.326 e. The van der Waals surface area contributed by atoms with E-state index in [1.165, 1.54) is 0 Å². The fraction of sp³-hybridized carbons (Fsp3) is 0.650. The monoisotopic (exact) mass is 376 g/mol. The van der Waals surface area contributed by atoms with Crippen molar-refractivity contribution in [2.24, 2.45) is 16.7 Å². The fourth-order valence-corrected chi connectivity index (χ4v) is 6.97. The van der Waals surface area contributed by atoms with E-state index in [1.54, 1.807) is 28.6 Å². The summed E-state index contributed by atoms with van der Waals surface area (Å²) in [5.41, 5.74) is 0.788. The fourth-order valence-electron chi connectivity index (χ4n) is 5.15. The van der Waals surface area contributed by atoms with E-state index >= 15 is 0 Å². The maximum atomic E-state index is 13.3. The van der Waals surface area contributed by atoms with Crippen LogP contribution >= 0.6 is 0 Å². The van der Waals surface area contributed by atoms with Crippen molar-refractivity contribution in [2.75, 3.05) is 11.9 Å². The van der Waals surface area contributed by atoms with E-state index in [-0.39, 0.29) is 33.6 Å². The van der Waals surface area contributed by atoms with Gasteiger partial charge in [0, 0.05) is 24.2 Å². The zero-order valence-electron chi connectivity index (χ0n) is 15.8. The van der Waals surface area contributed by atoms with Gasteiger partial charge >= 0.3 is 0 Å². The van der Waals surface area contributed by atoms with Gasteiger partial charge in [0.25, 0.3) is 0 Å². The summed E-state index contributed by atoms with van der Waals surface area (Å²) in [5, 5.41) is 2.85. The van der Waals surface area contributed by atoms with E-state index in [0.717, 1.165) is 32.1 Å². The van der Waals surface area contributed by atoms with E-state index in [9.17, 15) is 13.2 Å². The average molecular weight is 377 g/mol. The number of sulfonamides is 1. The molecular weight excluding hydrogens is 348 g/mol. The molecule has 1 heterocycles. The number of rotatable bonds is 4. The topological polar surface area (TPSA) is 66.5 Å². The highest BCUT2D eigenvalue weighted by Crippen LogP contribution is 2.53. The van der Waals surface area contributed by atoms with Gasteiger partial charge in [0.1, 0.15) is 0 Å². The Labute approximate surface area is 156 Å². The number of nitrogens with one attached hydrogen (secondary N) is 1. The first-order valence-corrected chi connectivity index (χ1v) is 10.9. The summed E-state index contributed by atoms with van der Waals surface area (Å²) in [7, 11) is -3.56. The maximum absolute atomic E-state index is 13.3. The molecular formula is C20H28N2O3S. The predicted octanol–water partition coefficient (Wildman–Crippen LogP) is 3.62. The molecule has 0 unspecified atom stereocenters. The molecule has 1 aromatic carbocycles. The van der Waals surface area contributed by atoms with Gasteiger partial charge < -0.3 is 5.32 Å². The Morgan fingerprint density at radius 1 is 1.19 bits per heavy atom. The van der Waals surface area contributed by atoms with Crippen LogP contribution < -0.4 is 5.32 Å².